The molecule has 1 saturated heterocycles. The predicted molar refractivity (Wildman–Crippen MR) is 88.9 cm³/mol. The van der Waals surface area contributed by atoms with E-state index < -0.39 is 28.8 Å². The van der Waals surface area contributed by atoms with E-state index in [1.807, 2.05) is 41.1 Å². The molecule has 0 aromatic heterocycles. The Kier molecular flexibility index (Phi) is 5.19. The van der Waals surface area contributed by atoms with Crippen LogP contribution < -0.4 is 4.72 Å². The summed E-state index contributed by atoms with van der Waals surface area (Å²) in [5.74, 6) is 0. The van der Waals surface area contributed by atoms with Crippen LogP contribution in [0.15, 0.2) is 54.6 Å². The predicted octanol–water partition coefficient (Wildman–Crippen LogP) is 2.89. The van der Waals surface area contributed by atoms with Crippen LogP contribution in [0.4, 0.5) is 0 Å². The van der Waals surface area contributed by atoms with Crippen LogP contribution in [-0.2, 0) is 19.8 Å². The van der Waals surface area contributed by atoms with Gasteiger partial charge in [-0.25, -0.2) is 0 Å². The maximum atomic E-state index is 11.0. The van der Waals surface area contributed by atoms with Crippen LogP contribution >= 0.6 is 11.6 Å². The third-order valence-corrected chi connectivity index (χ3v) is 4.53. The van der Waals surface area contributed by atoms with Crippen molar-refractivity contribution in [3.8, 4) is 0 Å². The van der Waals surface area contributed by atoms with E-state index in [1.54, 1.807) is 18.2 Å². The molecule has 3 rings (SSSR count). The monoisotopic (exact) mass is 369 g/mol. The first-order chi connectivity index (χ1) is 11.4. The van der Waals surface area contributed by atoms with E-state index >= 15 is 0 Å². The van der Waals surface area contributed by atoms with Crippen LogP contribution in [0.2, 0.25) is 5.02 Å². The van der Waals surface area contributed by atoms with E-state index in [0.717, 1.165) is 5.56 Å². The van der Waals surface area contributed by atoms with Gasteiger partial charge in [-0.2, -0.15) is 13.1 Å². The number of halogens is 1. The molecule has 0 radical (unpaired) electrons. The molecule has 0 saturated carbocycles. The van der Waals surface area contributed by atoms with E-state index in [1.165, 1.54) is 0 Å². The van der Waals surface area contributed by atoms with Crippen LogP contribution in [0.25, 0.3) is 0 Å². The van der Waals surface area contributed by atoms with Crippen LogP contribution in [0, 0.1) is 0 Å². The molecule has 3 atom stereocenters. The lowest BCUT2D eigenvalue weighted by molar-refractivity contribution is -0.0687. The largest absolute Gasteiger partial charge is 0.341 e. The van der Waals surface area contributed by atoms with Gasteiger partial charge >= 0.3 is 10.3 Å². The number of benzene rings is 2. The Hall–Kier alpha value is -1.48. The fraction of sp³-hybridized carbons (Fsp3) is 0.250. The van der Waals surface area contributed by atoms with Crippen LogP contribution in [-0.4, -0.2) is 25.6 Å². The van der Waals surface area contributed by atoms with Gasteiger partial charge in [0, 0.05) is 22.7 Å². The summed E-state index contributed by atoms with van der Waals surface area (Å²) in [6, 6.07) is 16.4. The topological polar surface area (TPSA) is 84.9 Å². The molecular weight excluding hydrogens is 354 g/mol. The molecule has 1 aliphatic rings. The first-order valence-electron chi connectivity index (χ1n) is 7.26. The van der Waals surface area contributed by atoms with Gasteiger partial charge in [0.15, 0.2) is 6.29 Å². The maximum Gasteiger partial charge on any atom is 0.333 e. The maximum absolute atomic E-state index is 11.0. The first kappa shape index (κ1) is 17.3. The first-order valence-corrected chi connectivity index (χ1v) is 9.08. The Morgan fingerprint density at radius 2 is 1.71 bits per heavy atom. The number of ether oxygens (including phenoxy) is 2. The van der Waals surface area contributed by atoms with Gasteiger partial charge < -0.3 is 9.47 Å². The highest BCUT2D eigenvalue weighted by Gasteiger charge is 2.39. The Labute approximate surface area is 145 Å². The zero-order valence-electron chi connectivity index (χ0n) is 12.5. The van der Waals surface area contributed by atoms with E-state index in [0.29, 0.717) is 10.6 Å². The highest BCUT2D eigenvalue weighted by atomic mass is 35.5. The van der Waals surface area contributed by atoms with Crippen molar-refractivity contribution < 1.29 is 22.4 Å². The molecule has 8 heteroatoms. The summed E-state index contributed by atoms with van der Waals surface area (Å²) < 4.78 is 44.7. The van der Waals surface area contributed by atoms with Gasteiger partial charge in [-0.1, -0.05) is 60.1 Å². The number of rotatable bonds is 5. The zero-order chi connectivity index (χ0) is 17.2. The summed E-state index contributed by atoms with van der Waals surface area (Å²) in [5.41, 5.74) is 1.50. The Morgan fingerprint density at radius 3 is 2.38 bits per heavy atom. The molecule has 0 bridgehead atoms. The van der Waals surface area contributed by atoms with Gasteiger partial charge in [-0.15, -0.1) is 0 Å². The Morgan fingerprint density at radius 1 is 1.04 bits per heavy atom. The van der Waals surface area contributed by atoms with Gasteiger partial charge in [0.25, 0.3) is 0 Å². The van der Waals surface area contributed by atoms with Crippen molar-refractivity contribution in [2.75, 3.05) is 6.54 Å². The van der Waals surface area contributed by atoms with E-state index in [9.17, 15) is 8.42 Å². The van der Waals surface area contributed by atoms with Gasteiger partial charge in [-0.05, 0) is 6.07 Å². The summed E-state index contributed by atoms with van der Waals surface area (Å²) in [6.07, 6.45) is -1.86. The van der Waals surface area contributed by atoms with Crippen molar-refractivity contribution in [1.82, 2.24) is 4.72 Å². The quantitative estimate of drug-likeness (QED) is 0.791. The number of nitrogens with one attached hydrogen (secondary N) is 1. The van der Waals surface area contributed by atoms with E-state index in [-0.39, 0.29) is 6.54 Å². The summed E-state index contributed by atoms with van der Waals surface area (Å²) >= 11 is 6.23. The van der Waals surface area contributed by atoms with Crippen LogP contribution in [0.3, 0.4) is 0 Å². The molecule has 0 spiro atoms. The fourth-order valence-corrected chi connectivity index (χ4v) is 3.19. The lowest BCUT2D eigenvalue weighted by atomic mass is 10.0. The highest BCUT2D eigenvalue weighted by Crippen LogP contribution is 2.41. The molecule has 0 aliphatic carbocycles. The van der Waals surface area contributed by atoms with Gasteiger partial charge in [-0.3, -0.25) is 4.55 Å². The van der Waals surface area contributed by atoms with Crippen molar-refractivity contribution in [3.05, 3.63) is 70.7 Å². The lowest BCUT2D eigenvalue weighted by Crippen LogP contribution is -2.34. The van der Waals surface area contributed by atoms with Crippen LogP contribution in [0.1, 0.15) is 23.5 Å². The lowest BCUT2D eigenvalue weighted by Gasteiger charge is -2.17. The van der Waals surface area contributed by atoms with E-state index in [2.05, 4.69) is 0 Å². The smallest absolute Gasteiger partial charge is 0.333 e. The van der Waals surface area contributed by atoms with Crippen molar-refractivity contribution in [2.24, 2.45) is 0 Å². The summed E-state index contributed by atoms with van der Waals surface area (Å²) in [5, 5.41) is 0.497. The molecule has 24 heavy (non-hydrogen) atoms. The minimum Gasteiger partial charge on any atom is -0.341 e. The fourth-order valence-electron chi connectivity index (χ4n) is 2.57. The van der Waals surface area contributed by atoms with Crippen molar-refractivity contribution in [3.63, 3.8) is 0 Å². The number of hydrogen-bond donors (Lipinski definition) is 2. The molecule has 1 unspecified atom stereocenters. The third-order valence-electron chi connectivity index (χ3n) is 3.66. The van der Waals surface area contributed by atoms with Crippen LogP contribution in [0.5, 0.6) is 0 Å². The molecular formula is C16H16ClNO5S. The molecule has 1 fully saturated rings. The molecule has 1 heterocycles. The molecule has 6 nitrogen and oxygen atoms in total. The Bertz CT molecular complexity index is 799. The van der Waals surface area contributed by atoms with Crippen molar-refractivity contribution >= 4 is 21.9 Å². The van der Waals surface area contributed by atoms with Crippen molar-refractivity contribution in [2.45, 2.75) is 18.5 Å². The zero-order valence-corrected chi connectivity index (χ0v) is 14.1. The summed E-state index contributed by atoms with van der Waals surface area (Å²) in [7, 11) is -4.33. The van der Waals surface area contributed by atoms with Gasteiger partial charge in [0.1, 0.15) is 12.2 Å². The van der Waals surface area contributed by atoms with Gasteiger partial charge in [0.05, 0.1) is 0 Å². The minimum atomic E-state index is -4.33. The molecule has 2 N–H and O–H groups in total. The standard InChI is InChI=1S/C16H16ClNO5S/c17-13-9-5-4-8-12(13)15-14(10-18-24(19,20)21)22-16(23-15)11-6-2-1-3-7-11/h1-9,14-16,18H,10H2,(H,19,20,21)/t14-,15-,16?/m1/s1. The van der Waals surface area contributed by atoms with E-state index in [4.69, 9.17) is 25.6 Å². The highest BCUT2D eigenvalue weighted by molar-refractivity contribution is 7.83. The minimum absolute atomic E-state index is 0.141. The second-order valence-corrected chi connectivity index (χ2v) is 6.96. The average molecular weight is 370 g/mol. The molecule has 1 aliphatic heterocycles. The molecule has 0 amide bonds. The molecule has 2 aromatic carbocycles. The second-order valence-electron chi connectivity index (χ2n) is 5.32. The number of hydrogen-bond acceptors (Lipinski definition) is 4. The average Bonchev–Trinajstić information content (AvgIpc) is 2.98. The Balaban J connectivity index is 1.86. The normalized spacial score (nSPS) is 24.2. The van der Waals surface area contributed by atoms with Crippen molar-refractivity contribution in [1.29, 1.82) is 0 Å². The second kappa shape index (κ2) is 7.18. The SMILES string of the molecule is O=S(=O)(O)NC[C@H]1OC(c2ccccc2)O[C@@H]1c1ccccc1Cl. The summed E-state index contributed by atoms with van der Waals surface area (Å²) in [6.45, 7) is -0.141. The molecule has 128 valence electrons. The summed E-state index contributed by atoms with van der Waals surface area (Å²) in [4.78, 5) is 0. The third kappa shape index (κ3) is 4.13. The van der Waals surface area contributed by atoms with Gasteiger partial charge in [0.2, 0.25) is 0 Å². The molecule has 2 aromatic rings.